The number of benzene rings is 4. The second-order valence-corrected chi connectivity index (χ2v) is 12.1. The van der Waals surface area contributed by atoms with Crippen LogP contribution in [0.4, 0.5) is 0 Å². The fraction of sp³-hybridized carbons (Fsp3) is 0.312. The van der Waals surface area contributed by atoms with Gasteiger partial charge in [0.2, 0.25) is 0 Å². The zero-order valence-electron chi connectivity index (χ0n) is 21.0. The van der Waals surface area contributed by atoms with Gasteiger partial charge in [0, 0.05) is 22.9 Å². The fourth-order valence-electron chi connectivity index (χ4n) is 7.41. The monoisotopic (exact) mass is 496 g/mol. The third kappa shape index (κ3) is 2.90. The molecule has 0 spiro atoms. The van der Waals surface area contributed by atoms with Crippen LogP contribution < -0.4 is 10.6 Å². The molecule has 0 amide bonds. The van der Waals surface area contributed by atoms with Crippen LogP contribution in [0.2, 0.25) is 0 Å². The Morgan fingerprint density at radius 2 is 1.05 bits per heavy atom. The van der Waals surface area contributed by atoms with E-state index in [1.165, 1.54) is 58.4 Å². The van der Waals surface area contributed by atoms with Crippen molar-refractivity contribution in [1.29, 1.82) is 0 Å². The first-order valence-electron chi connectivity index (χ1n) is 14.1. The first-order chi connectivity index (χ1) is 18.7. The lowest BCUT2D eigenvalue weighted by molar-refractivity contribution is 0.544. The van der Waals surface area contributed by atoms with Gasteiger partial charge in [-0.25, -0.2) is 9.97 Å². The molecule has 2 aromatic heterocycles. The molecule has 4 fully saturated rings. The maximum Gasteiger partial charge on any atom is 0.124 e. The van der Waals surface area contributed by atoms with Crippen molar-refractivity contribution in [2.45, 2.75) is 49.9 Å². The van der Waals surface area contributed by atoms with E-state index in [0.717, 1.165) is 57.6 Å². The van der Waals surface area contributed by atoms with Crippen LogP contribution in [-0.2, 0) is 0 Å². The second-order valence-electron chi connectivity index (χ2n) is 12.1. The summed E-state index contributed by atoms with van der Waals surface area (Å²) in [6.07, 6.45) is 5.09. The minimum absolute atomic E-state index is 0.371. The molecule has 6 atom stereocenters. The lowest BCUT2D eigenvalue weighted by atomic mass is 9.98. The molecule has 2 saturated heterocycles. The molecule has 186 valence electrons. The van der Waals surface area contributed by atoms with Crippen molar-refractivity contribution in [2.24, 2.45) is 11.8 Å². The molecule has 2 aliphatic carbocycles. The summed E-state index contributed by atoms with van der Waals surface area (Å²) in [5, 5.41) is 12.4. The van der Waals surface area contributed by atoms with Gasteiger partial charge in [0.25, 0.3) is 0 Å². The third-order valence-electron chi connectivity index (χ3n) is 9.73. The fourth-order valence-corrected chi connectivity index (χ4v) is 7.41. The van der Waals surface area contributed by atoms with Crippen LogP contribution in [0.25, 0.3) is 54.7 Å². The van der Waals surface area contributed by atoms with E-state index in [1.807, 2.05) is 0 Å². The Morgan fingerprint density at radius 1 is 0.553 bits per heavy atom. The van der Waals surface area contributed by atoms with Crippen molar-refractivity contribution in [1.82, 2.24) is 30.6 Å². The molecule has 0 unspecified atom stereocenters. The molecule has 4 heterocycles. The van der Waals surface area contributed by atoms with Gasteiger partial charge >= 0.3 is 0 Å². The molecule has 4 N–H and O–H groups in total. The highest BCUT2D eigenvalue weighted by molar-refractivity contribution is 6.07. The van der Waals surface area contributed by atoms with Gasteiger partial charge in [0.1, 0.15) is 11.6 Å². The van der Waals surface area contributed by atoms with Crippen LogP contribution in [0.5, 0.6) is 0 Å². The Balaban J connectivity index is 1.02. The number of nitrogens with zero attached hydrogens (tertiary/aromatic N) is 2. The molecule has 2 aliphatic heterocycles. The number of fused-ring (bicyclic) bond motifs is 8. The van der Waals surface area contributed by atoms with Gasteiger partial charge in [0.05, 0.1) is 34.2 Å². The smallest absolute Gasteiger partial charge is 0.124 e. The largest absolute Gasteiger partial charge is 0.340 e. The van der Waals surface area contributed by atoms with Gasteiger partial charge in [-0.1, -0.05) is 36.4 Å². The number of rotatable bonds is 3. The molecule has 6 nitrogen and oxygen atoms in total. The van der Waals surface area contributed by atoms with Gasteiger partial charge in [-0.05, 0) is 83.7 Å². The summed E-state index contributed by atoms with van der Waals surface area (Å²) >= 11 is 0. The van der Waals surface area contributed by atoms with E-state index in [-0.39, 0.29) is 0 Å². The van der Waals surface area contributed by atoms with Crippen LogP contribution >= 0.6 is 0 Å². The van der Waals surface area contributed by atoms with Crippen molar-refractivity contribution in [2.75, 3.05) is 0 Å². The first-order valence-corrected chi connectivity index (χ1v) is 14.1. The molecule has 10 rings (SSSR count). The van der Waals surface area contributed by atoms with E-state index in [0.29, 0.717) is 12.1 Å². The molecular weight excluding hydrogens is 468 g/mol. The van der Waals surface area contributed by atoms with E-state index < -0.39 is 0 Å². The Morgan fingerprint density at radius 3 is 1.50 bits per heavy atom. The quantitative estimate of drug-likeness (QED) is 0.233. The number of H-pyrrole nitrogens is 2. The van der Waals surface area contributed by atoms with Gasteiger partial charge in [-0.15, -0.1) is 0 Å². The van der Waals surface area contributed by atoms with Crippen molar-refractivity contribution >= 4 is 43.6 Å². The Labute approximate surface area is 219 Å². The van der Waals surface area contributed by atoms with Crippen molar-refractivity contribution in [3.63, 3.8) is 0 Å². The molecule has 4 aliphatic rings. The van der Waals surface area contributed by atoms with Crippen molar-refractivity contribution in [3.8, 4) is 11.1 Å². The van der Waals surface area contributed by atoms with E-state index in [4.69, 9.17) is 9.97 Å². The summed E-state index contributed by atoms with van der Waals surface area (Å²) < 4.78 is 0. The number of aromatic nitrogens is 4. The maximum absolute atomic E-state index is 4.94. The van der Waals surface area contributed by atoms with E-state index in [9.17, 15) is 0 Å². The molecule has 6 heteroatoms. The summed E-state index contributed by atoms with van der Waals surface area (Å²) in [6, 6.07) is 24.5. The van der Waals surface area contributed by atoms with Crippen molar-refractivity contribution in [3.05, 3.63) is 72.3 Å². The average molecular weight is 497 g/mol. The van der Waals surface area contributed by atoms with Crippen LogP contribution in [0.3, 0.4) is 0 Å². The molecular formula is C32H28N6. The third-order valence-corrected chi connectivity index (χ3v) is 9.73. The van der Waals surface area contributed by atoms with Crippen LogP contribution in [-0.4, -0.2) is 32.0 Å². The van der Waals surface area contributed by atoms with Crippen LogP contribution in [0.1, 0.15) is 49.4 Å². The van der Waals surface area contributed by atoms with Gasteiger partial charge in [0.15, 0.2) is 0 Å². The normalized spacial score (nSPS) is 29.5. The lowest BCUT2D eigenvalue weighted by Gasteiger charge is -2.09. The summed E-state index contributed by atoms with van der Waals surface area (Å²) in [6.45, 7) is 0. The highest BCUT2D eigenvalue weighted by Crippen LogP contribution is 2.47. The molecule has 6 aromatic rings. The zero-order valence-corrected chi connectivity index (χ0v) is 21.0. The lowest BCUT2D eigenvalue weighted by Crippen LogP contribution is -2.18. The number of hydrogen-bond acceptors (Lipinski definition) is 4. The Bertz CT molecular complexity index is 1790. The van der Waals surface area contributed by atoms with Gasteiger partial charge < -0.3 is 20.6 Å². The minimum atomic E-state index is 0.371. The predicted octanol–water partition coefficient (Wildman–Crippen LogP) is 6.26. The number of hydrogen-bond donors (Lipinski definition) is 4. The topological polar surface area (TPSA) is 81.4 Å². The van der Waals surface area contributed by atoms with Crippen LogP contribution in [0.15, 0.2) is 60.7 Å². The molecule has 4 aromatic carbocycles. The summed E-state index contributed by atoms with van der Waals surface area (Å²) in [7, 11) is 0. The van der Waals surface area contributed by atoms with E-state index in [1.54, 1.807) is 0 Å². The maximum atomic E-state index is 4.94. The summed E-state index contributed by atoms with van der Waals surface area (Å²) in [5.41, 5.74) is 6.88. The van der Waals surface area contributed by atoms with Gasteiger partial charge in [-0.2, -0.15) is 0 Å². The number of imidazole rings is 2. The van der Waals surface area contributed by atoms with Gasteiger partial charge in [-0.3, -0.25) is 0 Å². The predicted molar refractivity (Wildman–Crippen MR) is 151 cm³/mol. The van der Waals surface area contributed by atoms with E-state index in [2.05, 4.69) is 81.3 Å². The Kier molecular flexibility index (Phi) is 3.74. The highest BCUT2D eigenvalue weighted by Gasteiger charge is 2.47. The standard InChI is InChI=1S/C32H28N6/c1-5-21-17(3-7-23-29(21)37-31(35-23)27-13-19-11-25(19)33-27)9-15(1)16-2-6-22-18(10-16)4-8-24-30(22)38-32(36-24)28-14-20-12-26(20)34-28/h1-10,19-20,25-28,33-34H,11-14H2,(H,35,37)(H,36,38)/t19-,20-,25-,26-,27+,28+/m1/s1. The second kappa shape index (κ2) is 7.01. The average Bonchev–Trinajstić information content (AvgIpc) is 3.54. The number of aromatic amines is 2. The SMILES string of the molecule is c1cc2c(ccc3nc([C@@H]4C[C@H]5C[C@H]5N4)[nH]c32)cc1-c1ccc2c(ccc3nc([C@@H]4C[C@H]5C[C@H]5N4)[nH]c32)c1. The van der Waals surface area contributed by atoms with E-state index >= 15 is 0 Å². The first kappa shape index (κ1) is 20.3. The number of nitrogens with one attached hydrogen (secondary N) is 4. The molecule has 0 bridgehead atoms. The minimum Gasteiger partial charge on any atom is -0.340 e. The van der Waals surface area contributed by atoms with Crippen LogP contribution in [0, 0.1) is 11.8 Å². The Hall–Kier alpha value is -3.74. The summed E-state index contributed by atoms with van der Waals surface area (Å²) in [4.78, 5) is 17.2. The number of piperidine rings is 2. The highest BCUT2D eigenvalue weighted by atomic mass is 15.1. The van der Waals surface area contributed by atoms with Crippen molar-refractivity contribution < 1.29 is 0 Å². The zero-order chi connectivity index (χ0) is 24.5. The molecule has 0 radical (unpaired) electrons. The molecule has 38 heavy (non-hydrogen) atoms. The molecule has 2 saturated carbocycles. The summed E-state index contributed by atoms with van der Waals surface area (Å²) in [5.74, 6) is 3.89.